The van der Waals surface area contributed by atoms with Gasteiger partial charge in [0.1, 0.15) is 5.75 Å². The van der Waals surface area contributed by atoms with Crippen LogP contribution in [0.5, 0.6) is 5.75 Å². The Morgan fingerprint density at radius 3 is 2.47 bits per heavy atom. The second-order valence-corrected chi connectivity index (χ2v) is 10.8. The van der Waals surface area contributed by atoms with Crippen molar-refractivity contribution in [3.63, 3.8) is 0 Å². The van der Waals surface area contributed by atoms with Gasteiger partial charge in [0.05, 0.1) is 19.1 Å². The Morgan fingerprint density at radius 1 is 1.09 bits per heavy atom. The van der Waals surface area contributed by atoms with Crippen LogP contribution in [0.3, 0.4) is 0 Å². The number of amides is 1. The third-order valence-corrected chi connectivity index (χ3v) is 8.32. The van der Waals surface area contributed by atoms with E-state index in [1.54, 1.807) is 7.11 Å². The molecule has 0 saturated heterocycles. The summed E-state index contributed by atoms with van der Waals surface area (Å²) in [6.07, 6.45) is 11.9. The number of unbranched alkanes of at least 4 members (excludes halogenated alkanes) is 1. The molecule has 4 bridgehead atoms. The van der Waals surface area contributed by atoms with E-state index in [-0.39, 0.29) is 5.41 Å². The molecule has 0 aliphatic heterocycles. The summed E-state index contributed by atoms with van der Waals surface area (Å²) >= 11 is 0. The van der Waals surface area contributed by atoms with Gasteiger partial charge in [0, 0.05) is 25.0 Å². The minimum Gasteiger partial charge on any atom is -0.497 e. The third kappa shape index (κ3) is 4.21. The number of benzene rings is 1. The van der Waals surface area contributed by atoms with Gasteiger partial charge in [-0.1, -0.05) is 25.5 Å². The highest BCUT2D eigenvalue weighted by molar-refractivity contribution is 5.83. The number of ether oxygens (including phenoxy) is 1. The number of carbonyl (C=O) groups excluding carboxylic acids is 1. The maximum absolute atomic E-state index is 14.1. The average molecular weight is 435 g/mol. The standard InChI is InChI=1S/C28H38N2O2/c1-3-4-10-30(27(31)28-16-22-12-23(17-28)14-24(13-22)18-28)20-25-8-6-11-29(25)19-21-7-5-9-26(15-21)32-2/h5-9,11,15,22-24H,3-4,10,12-14,16-20H2,1-2H3. The molecule has 32 heavy (non-hydrogen) atoms. The number of methoxy groups -OCH3 is 1. The van der Waals surface area contributed by atoms with Crippen LogP contribution in [0.15, 0.2) is 42.6 Å². The molecule has 172 valence electrons. The van der Waals surface area contributed by atoms with Crippen LogP contribution in [-0.2, 0) is 17.9 Å². The molecule has 2 aromatic rings. The van der Waals surface area contributed by atoms with Gasteiger partial charge in [0.25, 0.3) is 0 Å². The molecule has 4 fully saturated rings. The van der Waals surface area contributed by atoms with Crippen molar-refractivity contribution in [3.8, 4) is 5.75 Å². The maximum Gasteiger partial charge on any atom is 0.229 e. The molecule has 0 atom stereocenters. The molecule has 6 rings (SSSR count). The zero-order valence-electron chi connectivity index (χ0n) is 19.8. The van der Waals surface area contributed by atoms with Gasteiger partial charge in [-0.2, -0.15) is 0 Å². The van der Waals surface area contributed by atoms with Crippen LogP contribution in [0.25, 0.3) is 0 Å². The number of nitrogens with zero attached hydrogens (tertiary/aromatic N) is 2. The van der Waals surface area contributed by atoms with E-state index in [1.165, 1.54) is 30.5 Å². The van der Waals surface area contributed by atoms with Gasteiger partial charge < -0.3 is 14.2 Å². The molecule has 4 nitrogen and oxygen atoms in total. The number of rotatable bonds is 9. The predicted octanol–water partition coefficient (Wildman–Crippen LogP) is 5.89. The molecule has 0 unspecified atom stereocenters. The topological polar surface area (TPSA) is 34.5 Å². The van der Waals surface area contributed by atoms with Gasteiger partial charge in [-0.25, -0.2) is 0 Å². The monoisotopic (exact) mass is 434 g/mol. The minimum atomic E-state index is -0.0628. The molecule has 4 saturated carbocycles. The smallest absolute Gasteiger partial charge is 0.229 e. The quantitative estimate of drug-likeness (QED) is 0.493. The highest BCUT2D eigenvalue weighted by Crippen LogP contribution is 2.60. The first-order chi connectivity index (χ1) is 15.6. The zero-order chi connectivity index (χ0) is 22.1. The lowest BCUT2D eigenvalue weighted by atomic mass is 9.49. The van der Waals surface area contributed by atoms with Gasteiger partial charge >= 0.3 is 0 Å². The zero-order valence-corrected chi connectivity index (χ0v) is 19.8. The summed E-state index contributed by atoms with van der Waals surface area (Å²) in [5.41, 5.74) is 2.38. The summed E-state index contributed by atoms with van der Waals surface area (Å²) in [5.74, 6) is 3.75. The molecular formula is C28H38N2O2. The van der Waals surface area contributed by atoms with E-state index in [2.05, 4.69) is 46.9 Å². The highest BCUT2D eigenvalue weighted by Gasteiger charge is 2.55. The molecule has 1 amide bonds. The third-order valence-electron chi connectivity index (χ3n) is 8.32. The summed E-state index contributed by atoms with van der Waals surface area (Å²) in [6.45, 7) is 4.62. The second-order valence-electron chi connectivity index (χ2n) is 10.8. The average Bonchev–Trinajstić information content (AvgIpc) is 3.21. The van der Waals surface area contributed by atoms with Gasteiger partial charge in [0.2, 0.25) is 5.91 Å². The summed E-state index contributed by atoms with van der Waals surface area (Å²) < 4.78 is 7.69. The highest BCUT2D eigenvalue weighted by atomic mass is 16.5. The fraction of sp³-hybridized carbons (Fsp3) is 0.607. The van der Waals surface area contributed by atoms with Crippen molar-refractivity contribution in [1.29, 1.82) is 0 Å². The normalized spacial score (nSPS) is 28.1. The van der Waals surface area contributed by atoms with Crippen molar-refractivity contribution in [1.82, 2.24) is 9.47 Å². The van der Waals surface area contributed by atoms with Gasteiger partial charge in [-0.3, -0.25) is 4.79 Å². The van der Waals surface area contributed by atoms with Crippen LogP contribution < -0.4 is 4.74 Å². The molecule has 1 aromatic carbocycles. The predicted molar refractivity (Wildman–Crippen MR) is 127 cm³/mol. The Hall–Kier alpha value is -2.23. The Balaban J connectivity index is 1.35. The Morgan fingerprint density at radius 2 is 1.81 bits per heavy atom. The molecule has 1 aromatic heterocycles. The lowest BCUT2D eigenvalue weighted by Crippen LogP contribution is -2.54. The van der Waals surface area contributed by atoms with Crippen LogP contribution in [0, 0.1) is 23.2 Å². The van der Waals surface area contributed by atoms with E-state index in [1.807, 2.05) is 12.1 Å². The van der Waals surface area contributed by atoms with E-state index in [4.69, 9.17) is 4.74 Å². The van der Waals surface area contributed by atoms with Crippen molar-refractivity contribution in [2.24, 2.45) is 23.2 Å². The maximum atomic E-state index is 14.1. The Labute approximate surface area is 192 Å². The van der Waals surface area contributed by atoms with E-state index < -0.39 is 0 Å². The van der Waals surface area contributed by atoms with Crippen LogP contribution in [0.2, 0.25) is 0 Å². The van der Waals surface area contributed by atoms with Crippen molar-refractivity contribution in [2.45, 2.75) is 71.4 Å². The molecular weight excluding hydrogens is 396 g/mol. The molecule has 0 radical (unpaired) electrons. The molecule has 4 aliphatic carbocycles. The minimum absolute atomic E-state index is 0.0628. The first-order valence-electron chi connectivity index (χ1n) is 12.6. The first-order valence-corrected chi connectivity index (χ1v) is 12.6. The molecule has 4 heteroatoms. The summed E-state index contributed by atoms with van der Waals surface area (Å²) in [7, 11) is 1.71. The van der Waals surface area contributed by atoms with Crippen LogP contribution in [0.1, 0.15) is 69.5 Å². The summed E-state index contributed by atoms with van der Waals surface area (Å²) in [4.78, 5) is 16.3. The van der Waals surface area contributed by atoms with Crippen molar-refractivity contribution < 1.29 is 9.53 Å². The molecule has 4 aliphatic rings. The number of carbonyl (C=O) groups is 1. The van der Waals surface area contributed by atoms with Crippen LogP contribution in [0.4, 0.5) is 0 Å². The Bertz CT molecular complexity index is 911. The van der Waals surface area contributed by atoms with E-state index in [9.17, 15) is 4.79 Å². The fourth-order valence-electron chi connectivity index (χ4n) is 7.22. The van der Waals surface area contributed by atoms with Gasteiger partial charge in [0.15, 0.2) is 0 Å². The van der Waals surface area contributed by atoms with E-state index in [0.29, 0.717) is 5.91 Å². The number of hydrogen-bond donors (Lipinski definition) is 0. The molecule has 1 heterocycles. The lowest BCUT2D eigenvalue weighted by Gasteiger charge is -2.56. The summed E-state index contributed by atoms with van der Waals surface area (Å²) in [5, 5.41) is 0. The Kier molecular flexibility index (Phi) is 6.05. The largest absolute Gasteiger partial charge is 0.497 e. The van der Waals surface area contributed by atoms with Crippen molar-refractivity contribution >= 4 is 5.91 Å². The lowest BCUT2D eigenvalue weighted by molar-refractivity contribution is -0.158. The number of aromatic nitrogens is 1. The summed E-state index contributed by atoms with van der Waals surface area (Å²) in [6, 6.07) is 12.6. The van der Waals surface area contributed by atoms with Crippen LogP contribution >= 0.6 is 0 Å². The first kappa shape index (κ1) is 21.6. The van der Waals surface area contributed by atoms with E-state index in [0.717, 1.165) is 75.2 Å². The van der Waals surface area contributed by atoms with E-state index >= 15 is 0 Å². The van der Waals surface area contributed by atoms with Crippen molar-refractivity contribution in [2.75, 3.05) is 13.7 Å². The molecule has 0 spiro atoms. The van der Waals surface area contributed by atoms with Crippen LogP contribution in [-0.4, -0.2) is 29.0 Å². The molecule has 0 N–H and O–H groups in total. The van der Waals surface area contributed by atoms with Crippen molar-refractivity contribution in [3.05, 3.63) is 53.9 Å². The van der Waals surface area contributed by atoms with Gasteiger partial charge in [-0.15, -0.1) is 0 Å². The number of hydrogen-bond acceptors (Lipinski definition) is 2. The second kappa shape index (κ2) is 8.96. The van der Waals surface area contributed by atoms with Gasteiger partial charge in [-0.05, 0) is 92.5 Å². The SMILES string of the molecule is CCCCN(Cc1cccn1Cc1cccc(OC)c1)C(=O)C12CC3CC(CC(C3)C1)C2. The fourth-order valence-corrected chi connectivity index (χ4v) is 7.22.